The summed E-state index contributed by atoms with van der Waals surface area (Å²) in [5.74, 6) is 6.04. The van der Waals surface area contributed by atoms with E-state index in [2.05, 4.69) is 22.1 Å². The van der Waals surface area contributed by atoms with Gasteiger partial charge in [0.2, 0.25) is 0 Å². The van der Waals surface area contributed by atoms with Gasteiger partial charge in [0, 0.05) is 5.56 Å². The van der Waals surface area contributed by atoms with Crippen LogP contribution in [0, 0.1) is 18.8 Å². The predicted molar refractivity (Wildman–Crippen MR) is 92.0 cm³/mol. The van der Waals surface area contributed by atoms with E-state index in [4.69, 9.17) is 0 Å². The van der Waals surface area contributed by atoms with Crippen LogP contribution >= 0.6 is 0 Å². The molecular weight excluding hydrogens is 308 g/mol. The standard InChI is InChI=1S/C18H20N2O2S/c1-15-9-11-17(12-10-15)23(21,22)20-19-18(2,3)14-13-16-7-5-4-6-8-16/h4-12,19-20H,1-3H3. The van der Waals surface area contributed by atoms with Gasteiger partial charge in [-0.05, 0) is 45.0 Å². The summed E-state index contributed by atoms with van der Waals surface area (Å²) >= 11 is 0. The van der Waals surface area contributed by atoms with Crippen LogP contribution in [0.5, 0.6) is 0 Å². The SMILES string of the molecule is Cc1ccc(S(=O)(=O)NNC(C)(C)C#Cc2ccccc2)cc1. The van der Waals surface area contributed by atoms with Crippen molar-refractivity contribution in [2.24, 2.45) is 0 Å². The molecule has 0 fully saturated rings. The molecule has 0 heterocycles. The highest BCUT2D eigenvalue weighted by Crippen LogP contribution is 2.10. The Morgan fingerprint density at radius 2 is 1.57 bits per heavy atom. The lowest BCUT2D eigenvalue weighted by Crippen LogP contribution is -2.49. The number of hydrazine groups is 1. The maximum absolute atomic E-state index is 12.2. The topological polar surface area (TPSA) is 58.2 Å². The number of hydrogen-bond donors (Lipinski definition) is 2. The summed E-state index contributed by atoms with van der Waals surface area (Å²) in [6.07, 6.45) is 0. The quantitative estimate of drug-likeness (QED) is 0.670. The fourth-order valence-corrected chi connectivity index (χ4v) is 2.75. The first-order chi connectivity index (χ1) is 10.8. The molecule has 2 rings (SSSR count). The molecule has 0 aliphatic rings. The molecule has 2 aromatic rings. The van der Waals surface area contributed by atoms with Gasteiger partial charge < -0.3 is 0 Å². The number of aryl methyl sites for hydroxylation is 1. The maximum atomic E-state index is 12.2. The highest BCUT2D eigenvalue weighted by Gasteiger charge is 2.19. The Morgan fingerprint density at radius 1 is 0.957 bits per heavy atom. The van der Waals surface area contributed by atoms with Gasteiger partial charge in [-0.3, -0.25) is 0 Å². The van der Waals surface area contributed by atoms with Gasteiger partial charge in [0.05, 0.1) is 10.4 Å². The number of sulfonamides is 1. The fourth-order valence-electron chi connectivity index (χ4n) is 1.75. The van der Waals surface area contributed by atoms with Gasteiger partial charge in [0.25, 0.3) is 10.0 Å². The fraction of sp³-hybridized carbons (Fsp3) is 0.222. The van der Waals surface area contributed by atoms with Crippen molar-refractivity contribution in [3.8, 4) is 11.8 Å². The van der Waals surface area contributed by atoms with Crippen LogP contribution in [0.3, 0.4) is 0 Å². The van der Waals surface area contributed by atoms with Crippen molar-refractivity contribution in [1.82, 2.24) is 10.3 Å². The van der Waals surface area contributed by atoms with Crippen LogP contribution in [0.1, 0.15) is 25.0 Å². The number of benzene rings is 2. The number of rotatable bonds is 4. The second-order valence-electron chi connectivity index (χ2n) is 5.78. The highest BCUT2D eigenvalue weighted by atomic mass is 32.2. The normalized spacial score (nSPS) is 11.6. The van der Waals surface area contributed by atoms with E-state index in [1.54, 1.807) is 38.1 Å². The summed E-state index contributed by atoms with van der Waals surface area (Å²) in [5, 5.41) is 0. The van der Waals surface area contributed by atoms with Crippen LogP contribution in [0.15, 0.2) is 59.5 Å². The summed E-state index contributed by atoms with van der Waals surface area (Å²) in [5.41, 5.74) is 3.94. The van der Waals surface area contributed by atoms with Crippen molar-refractivity contribution in [2.45, 2.75) is 31.2 Å². The minimum Gasteiger partial charge on any atom is -0.226 e. The van der Waals surface area contributed by atoms with Crippen molar-refractivity contribution < 1.29 is 8.42 Å². The van der Waals surface area contributed by atoms with E-state index in [0.29, 0.717) is 0 Å². The Labute approximate surface area is 138 Å². The third-order valence-electron chi connectivity index (χ3n) is 3.12. The van der Waals surface area contributed by atoms with E-state index in [1.165, 1.54) is 0 Å². The molecule has 0 aromatic heterocycles. The van der Waals surface area contributed by atoms with Crippen molar-refractivity contribution in [3.63, 3.8) is 0 Å². The summed E-state index contributed by atoms with van der Waals surface area (Å²) in [6, 6.07) is 16.2. The minimum atomic E-state index is -3.62. The average Bonchev–Trinajstić information content (AvgIpc) is 2.53. The minimum absolute atomic E-state index is 0.211. The Kier molecular flexibility index (Phi) is 5.22. The van der Waals surface area contributed by atoms with E-state index in [-0.39, 0.29) is 4.90 Å². The van der Waals surface area contributed by atoms with Crippen LogP contribution in [-0.4, -0.2) is 14.0 Å². The van der Waals surface area contributed by atoms with Gasteiger partial charge in [0.15, 0.2) is 0 Å². The third kappa shape index (κ3) is 5.22. The van der Waals surface area contributed by atoms with E-state index in [0.717, 1.165) is 11.1 Å². The molecule has 5 heteroatoms. The molecule has 0 radical (unpaired) electrons. The molecule has 4 nitrogen and oxygen atoms in total. The lowest BCUT2D eigenvalue weighted by molar-refractivity contribution is 0.458. The monoisotopic (exact) mass is 328 g/mol. The molecule has 0 atom stereocenters. The Hall–Kier alpha value is -2.13. The van der Waals surface area contributed by atoms with Gasteiger partial charge in [0.1, 0.15) is 0 Å². The van der Waals surface area contributed by atoms with Gasteiger partial charge in [-0.1, -0.05) is 47.7 Å². The summed E-state index contributed by atoms with van der Waals surface area (Å²) in [7, 11) is -3.62. The molecule has 0 spiro atoms. The second-order valence-corrected chi connectivity index (χ2v) is 7.47. The van der Waals surface area contributed by atoms with Crippen LogP contribution < -0.4 is 10.3 Å². The molecule has 0 saturated carbocycles. The maximum Gasteiger partial charge on any atom is 0.253 e. The van der Waals surface area contributed by atoms with Gasteiger partial charge in [-0.25, -0.2) is 13.8 Å². The van der Waals surface area contributed by atoms with Gasteiger partial charge >= 0.3 is 0 Å². The molecular formula is C18H20N2O2S. The largest absolute Gasteiger partial charge is 0.253 e. The first-order valence-electron chi connectivity index (χ1n) is 7.22. The molecule has 0 saturated heterocycles. The molecule has 0 unspecified atom stereocenters. The van der Waals surface area contributed by atoms with E-state index < -0.39 is 15.6 Å². The molecule has 0 amide bonds. The lowest BCUT2D eigenvalue weighted by atomic mass is 10.1. The molecule has 0 aliphatic carbocycles. The van der Waals surface area contributed by atoms with Crippen LogP contribution in [0.2, 0.25) is 0 Å². The van der Waals surface area contributed by atoms with Crippen LogP contribution in [0.4, 0.5) is 0 Å². The molecule has 23 heavy (non-hydrogen) atoms. The Bertz CT molecular complexity index is 815. The Morgan fingerprint density at radius 3 is 2.17 bits per heavy atom. The summed E-state index contributed by atoms with van der Waals surface area (Å²) in [4.78, 5) is 2.60. The first-order valence-corrected chi connectivity index (χ1v) is 8.71. The van der Waals surface area contributed by atoms with Crippen molar-refractivity contribution in [3.05, 3.63) is 65.7 Å². The number of hydrogen-bond acceptors (Lipinski definition) is 3. The summed E-state index contributed by atoms with van der Waals surface area (Å²) in [6.45, 7) is 5.52. The lowest BCUT2D eigenvalue weighted by Gasteiger charge is -2.20. The van der Waals surface area contributed by atoms with Crippen molar-refractivity contribution in [2.75, 3.05) is 0 Å². The van der Waals surface area contributed by atoms with Gasteiger partial charge in [-0.15, -0.1) is 4.83 Å². The Balaban J connectivity index is 2.06. The highest BCUT2D eigenvalue weighted by molar-refractivity contribution is 7.89. The van der Waals surface area contributed by atoms with E-state index in [9.17, 15) is 8.42 Å². The zero-order valence-corrected chi connectivity index (χ0v) is 14.2. The second kappa shape index (κ2) is 6.97. The zero-order chi connectivity index (χ0) is 16.9. The van der Waals surface area contributed by atoms with Crippen LogP contribution in [-0.2, 0) is 10.0 Å². The van der Waals surface area contributed by atoms with Gasteiger partial charge in [-0.2, -0.15) is 0 Å². The molecule has 0 bridgehead atoms. The molecule has 2 aromatic carbocycles. The van der Waals surface area contributed by atoms with Crippen molar-refractivity contribution >= 4 is 10.0 Å². The summed E-state index contributed by atoms with van der Waals surface area (Å²) < 4.78 is 24.5. The van der Waals surface area contributed by atoms with E-state index >= 15 is 0 Å². The zero-order valence-electron chi connectivity index (χ0n) is 13.4. The molecule has 0 aliphatic heterocycles. The number of nitrogens with one attached hydrogen (secondary N) is 2. The van der Waals surface area contributed by atoms with Crippen molar-refractivity contribution in [1.29, 1.82) is 0 Å². The van der Waals surface area contributed by atoms with Crippen LogP contribution in [0.25, 0.3) is 0 Å². The molecule has 120 valence electrons. The van der Waals surface area contributed by atoms with E-state index in [1.807, 2.05) is 37.3 Å². The average molecular weight is 328 g/mol. The molecule has 2 N–H and O–H groups in total. The first kappa shape index (κ1) is 17.2. The smallest absolute Gasteiger partial charge is 0.226 e. The third-order valence-corrected chi connectivity index (χ3v) is 4.39. The predicted octanol–water partition coefficient (Wildman–Crippen LogP) is 2.61.